The van der Waals surface area contributed by atoms with Crippen molar-refractivity contribution >= 4 is 5.97 Å². The number of nitrogens with zero attached hydrogens (tertiary/aromatic N) is 2. The number of hydrogen-bond donors (Lipinski definition) is 0. The Hall–Kier alpha value is -2.88. The molecule has 22 heavy (non-hydrogen) atoms. The fourth-order valence-electron chi connectivity index (χ4n) is 2.34. The molecule has 0 aliphatic rings. The molecule has 0 aliphatic carbocycles. The van der Waals surface area contributed by atoms with Gasteiger partial charge >= 0.3 is 5.97 Å². The van der Waals surface area contributed by atoms with Crippen molar-refractivity contribution in [1.82, 2.24) is 9.78 Å². The Labute approximate surface area is 129 Å². The van der Waals surface area contributed by atoms with E-state index in [0.29, 0.717) is 5.56 Å². The van der Waals surface area contributed by atoms with Crippen LogP contribution in [0.4, 0.5) is 0 Å². The smallest absolute Gasteiger partial charge is 0.337 e. The molecule has 0 aliphatic heterocycles. The first-order chi connectivity index (χ1) is 10.7. The first-order valence-electron chi connectivity index (χ1n) is 7.00. The highest BCUT2D eigenvalue weighted by Gasteiger charge is 2.09. The Balaban J connectivity index is 1.96. The third-order valence-electron chi connectivity index (χ3n) is 3.49. The molecule has 0 unspecified atom stereocenters. The van der Waals surface area contributed by atoms with E-state index in [9.17, 15) is 4.79 Å². The van der Waals surface area contributed by atoms with Crippen molar-refractivity contribution in [3.8, 4) is 16.9 Å². The van der Waals surface area contributed by atoms with Gasteiger partial charge in [0.05, 0.1) is 24.1 Å². The summed E-state index contributed by atoms with van der Waals surface area (Å²) in [5.74, 6) is -0.339. The Bertz CT molecular complexity index is 790. The molecule has 1 heterocycles. The zero-order chi connectivity index (χ0) is 15.5. The summed E-state index contributed by atoms with van der Waals surface area (Å²) < 4.78 is 6.57. The Morgan fingerprint density at radius 2 is 1.73 bits per heavy atom. The molecule has 0 N–H and O–H groups in total. The molecule has 0 amide bonds. The van der Waals surface area contributed by atoms with Gasteiger partial charge in [0.25, 0.3) is 0 Å². The molecule has 2 aromatic carbocycles. The highest BCUT2D eigenvalue weighted by molar-refractivity contribution is 5.89. The van der Waals surface area contributed by atoms with Gasteiger partial charge in [-0.25, -0.2) is 9.48 Å². The minimum Gasteiger partial charge on any atom is -0.465 e. The summed E-state index contributed by atoms with van der Waals surface area (Å²) in [5, 5.41) is 4.65. The minimum absolute atomic E-state index is 0.339. The van der Waals surface area contributed by atoms with Crippen molar-refractivity contribution in [2.24, 2.45) is 0 Å². The molecule has 0 bridgehead atoms. The number of carbonyl (C=O) groups is 1. The van der Waals surface area contributed by atoms with Crippen LogP contribution in [0, 0.1) is 6.92 Å². The first-order valence-corrected chi connectivity index (χ1v) is 7.00. The lowest BCUT2D eigenvalue weighted by molar-refractivity contribution is 0.0601. The predicted octanol–water partition coefficient (Wildman–Crippen LogP) is 3.63. The Kier molecular flexibility index (Phi) is 3.74. The van der Waals surface area contributed by atoms with Gasteiger partial charge in [0.15, 0.2) is 0 Å². The monoisotopic (exact) mass is 292 g/mol. The molecule has 4 heteroatoms. The number of esters is 1. The summed E-state index contributed by atoms with van der Waals surface area (Å²) in [4.78, 5) is 11.5. The van der Waals surface area contributed by atoms with Gasteiger partial charge in [-0.15, -0.1) is 0 Å². The third-order valence-corrected chi connectivity index (χ3v) is 3.49. The Morgan fingerprint density at radius 1 is 1.05 bits per heavy atom. The molecule has 0 fully saturated rings. The van der Waals surface area contributed by atoms with Crippen LogP contribution in [0.3, 0.4) is 0 Å². The van der Waals surface area contributed by atoms with Gasteiger partial charge in [-0.1, -0.05) is 30.3 Å². The number of ether oxygens (including phenoxy) is 1. The van der Waals surface area contributed by atoms with Crippen LogP contribution in [0.25, 0.3) is 16.9 Å². The predicted molar refractivity (Wildman–Crippen MR) is 85.1 cm³/mol. The van der Waals surface area contributed by atoms with Gasteiger partial charge < -0.3 is 4.74 Å². The maximum atomic E-state index is 11.5. The molecule has 0 atom stereocenters. The molecule has 1 aromatic heterocycles. The van der Waals surface area contributed by atoms with Crippen LogP contribution in [0.5, 0.6) is 0 Å². The van der Waals surface area contributed by atoms with Crippen molar-refractivity contribution in [3.05, 3.63) is 71.9 Å². The van der Waals surface area contributed by atoms with Crippen molar-refractivity contribution in [2.75, 3.05) is 7.11 Å². The number of carbonyl (C=O) groups excluding carboxylic acids is 1. The second-order valence-electron chi connectivity index (χ2n) is 4.99. The standard InChI is InChI=1S/C18H16N2O2/c1-13-12-17(14-6-4-3-5-7-14)19-20(13)16-10-8-15(9-11-16)18(21)22-2/h3-12H,1-2H3. The van der Waals surface area contributed by atoms with E-state index in [2.05, 4.69) is 5.10 Å². The summed E-state index contributed by atoms with van der Waals surface area (Å²) in [7, 11) is 1.38. The van der Waals surface area contributed by atoms with Crippen LogP contribution in [-0.2, 0) is 4.74 Å². The number of aromatic nitrogens is 2. The second-order valence-corrected chi connectivity index (χ2v) is 4.99. The van der Waals surface area contributed by atoms with E-state index < -0.39 is 0 Å². The van der Waals surface area contributed by atoms with Crippen molar-refractivity contribution in [2.45, 2.75) is 6.92 Å². The second kappa shape index (κ2) is 5.85. The molecule has 0 spiro atoms. The molecule has 0 saturated carbocycles. The number of benzene rings is 2. The quantitative estimate of drug-likeness (QED) is 0.692. The fourth-order valence-corrected chi connectivity index (χ4v) is 2.34. The minimum atomic E-state index is -0.339. The molecule has 4 nitrogen and oxygen atoms in total. The normalized spacial score (nSPS) is 10.5. The summed E-state index contributed by atoms with van der Waals surface area (Å²) in [5.41, 5.74) is 4.47. The summed E-state index contributed by atoms with van der Waals surface area (Å²) in [6.07, 6.45) is 0. The van der Waals surface area contributed by atoms with E-state index >= 15 is 0 Å². The lowest BCUT2D eigenvalue weighted by atomic mass is 10.1. The lowest BCUT2D eigenvalue weighted by Crippen LogP contribution is -2.03. The topological polar surface area (TPSA) is 44.1 Å². The van der Waals surface area contributed by atoms with Crippen molar-refractivity contribution < 1.29 is 9.53 Å². The number of rotatable bonds is 3. The van der Waals surface area contributed by atoms with E-state index in [-0.39, 0.29) is 5.97 Å². The van der Waals surface area contributed by atoms with E-state index in [1.807, 2.05) is 60.1 Å². The summed E-state index contributed by atoms with van der Waals surface area (Å²) in [6, 6.07) is 19.3. The Morgan fingerprint density at radius 3 is 2.36 bits per heavy atom. The van der Waals surface area contributed by atoms with Gasteiger partial charge in [0.2, 0.25) is 0 Å². The molecular formula is C18H16N2O2. The lowest BCUT2D eigenvalue weighted by Gasteiger charge is -2.05. The van der Waals surface area contributed by atoms with E-state index in [1.54, 1.807) is 12.1 Å². The van der Waals surface area contributed by atoms with Gasteiger partial charge in [0, 0.05) is 11.3 Å². The fraction of sp³-hybridized carbons (Fsp3) is 0.111. The summed E-state index contributed by atoms with van der Waals surface area (Å²) in [6.45, 7) is 2.01. The molecule has 110 valence electrons. The molecule has 0 saturated heterocycles. The van der Waals surface area contributed by atoms with Crippen LogP contribution in [0.2, 0.25) is 0 Å². The molecule has 3 rings (SSSR count). The maximum absolute atomic E-state index is 11.5. The van der Waals surface area contributed by atoms with Gasteiger partial charge in [-0.3, -0.25) is 0 Å². The van der Waals surface area contributed by atoms with Crippen molar-refractivity contribution in [3.63, 3.8) is 0 Å². The average Bonchev–Trinajstić information content (AvgIpc) is 2.97. The van der Waals surface area contributed by atoms with Gasteiger partial charge in [-0.2, -0.15) is 5.10 Å². The van der Waals surface area contributed by atoms with Crippen LogP contribution in [0.1, 0.15) is 16.1 Å². The van der Waals surface area contributed by atoms with E-state index in [0.717, 1.165) is 22.6 Å². The van der Waals surface area contributed by atoms with E-state index in [4.69, 9.17) is 4.74 Å². The van der Waals surface area contributed by atoms with Crippen LogP contribution in [-0.4, -0.2) is 22.9 Å². The maximum Gasteiger partial charge on any atom is 0.337 e. The van der Waals surface area contributed by atoms with Crippen LogP contribution >= 0.6 is 0 Å². The van der Waals surface area contributed by atoms with Crippen LogP contribution in [0.15, 0.2) is 60.7 Å². The number of aryl methyl sites for hydroxylation is 1. The van der Waals surface area contributed by atoms with Crippen molar-refractivity contribution in [1.29, 1.82) is 0 Å². The number of hydrogen-bond acceptors (Lipinski definition) is 3. The summed E-state index contributed by atoms with van der Waals surface area (Å²) >= 11 is 0. The zero-order valence-electron chi connectivity index (χ0n) is 12.5. The number of methoxy groups -OCH3 is 1. The van der Waals surface area contributed by atoms with Gasteiger partial charge in [0.1, 0.15) is 0 Å². The average molecular weight is 292 g/mol. The van der Waals surface area contributed by atoms with E-state index in [1.165, 1.54) is 7.11 Å². The first kappa shape index (κ1) is 14.1. The largest absolute Gasteiger partial charge is 0.465 e. The molecular weight excluding hydrogens is 276 g/mol. The highest BCUT2D eigenvalue weighted by Crippen LogP contribution is 2.21. The third kappa shape index (κ3) is 2.63. The van der Waals surface area contributed by atoms with Gasteiger partial charge in [-0.05, 0) is 37.3 Å². The highest BCUT2D eigenvalue weighted by atomic mass is 16.5. The molecule has 3 aromatic rings. The molecule has 0 radical (unpaired) electrons. The van der Waals surface area contributed by atoms with Crippen LogP contribution < -0.4 is 0 Å². The SMILES string of the molecule is COC(=O)c1ccc(-n2nc(-c3ccccc3)cc2C)cc1. The zero-order valence-corrected chi connectivity index (χ0v) is 12.5.